The molecule has 0 saturated heterocycles. The van der Waals surface area contributed by atoms with E-state index in [2.05, 4.69) is 5.32 Å². The molecule has 0 bridgehead atoms. The van der Waals surface area contributed by atoms with Crippen molar-refractivity contribution in [3.05, 3.63) is 35.4 Å². The van der Waals surface area contributed by atoms with Crippen LogP contribution in [0.15, 0.2) is 24.3 Å². The van der Waals surface area contributed by atoms with Gasteiger partial charge in [-0.2, -0.15) is 0 Å². The van der Waals surface area contributed by atoms with E-state index in [9.17, 15) is 24.3 Å². The molecule has 1 aliphatic carbocycles. The number of carbonyl (C=O) groups is 4. The number of ketones is 2. The number of nitrogens with one attached hydrogen (secondary N) is 1. The highest BCUT2D eigenvalue weighted by Crippen LogP contribution is 2.25. The number of carbonyl (C=O) groups excluding carboxylic acids is 3. The van der Waals surface area contributed by atoms with Crippen molar-refractivity contribution >= 4 is 23.6 Å². The van der Waals surface area contributed by atoms with E-state index in [-0.39, 0.29) is 25.4 Å². The third-order valence-corrected chi connectivity index (χ3v) is 4.29. The number of alkyl carbamates (subject to hydrolysis) is 1. The average molecular weight is 391 g/mol. The minimum atomic E-state index is -1.18. The van der Waals surface area contributed by atoms with Gasteiger partial charge in [-0.3, -0.25) is 9.59 Å². The molecule has 0 spiro atoms. The molecule has 28 heavy (non-hydrogen) atoms. The number of hydrogen-bond donors (Lipinski definition) is 2. The predicted octanol–water partition coefficient (Wildman–Crippen LogP) is 3.40. The molecule has 1 fully saturated rings. The Balaban J connectivity index is 0.00000392. The predicted molar refractivity (Wildman–Crippen MR) is 104 cm³/mol. The fraction of sp³-hybridized carbons (Fsp3) is 0.524. The fourth-order valence-electron chi connectivity index (χ4n) is 2.98. The molecule has 2 N–H and O–H groups in total. The normalized spacial score (nSPS) is 17.4. The summed E-state index contributed by atoms with van der Waals surface area (Å²) in [5, 5.41) is 11.7. The molecule has 1 amide bonds. The number of ether oxygens (including phenoxy) is 1. The van der Waals surface area contributed by atoms with Crippen molar-refractivity contribution in [3.63, 3.8) is 0 Å². The van der Waals surface area contributed by atoms with Crippen LogP contribution in [-0.2, 0) is 20.7 Å². The lowest BCUT2D eigenvalue weighted by atomic mass is 9.94. The van der Waals surface area contributed by atoms with E-state index < -0.39 is 29.6 Å². The Morgan fingerprint density at radius 2 is 1.82 bits per heavy atom. The molecule has 0 aromatic heterocycles. The Morgan fingerprint density at radius 3 is 2.29 bits per heavy atom. The van der Waals surface area contributed by atoms with Gasteiger partial charge < -0.3 is 15.2 Å². The zero-order valence-corrected chi connectivity index (χ0v) is 15.8. The second kappa shape index (κ2) is 9.48. The van der Waals surface area contributed by atoms with E-state index in [0.717, 1.165) is 6.42 Å². The summed E-state index contributed by atoms with van der Waals surface area (Å²) >= 11 is 0. The summed E-state index contributed by atoms with van der Waals surface area (Å²) in [4.78, 5) is 47.4. The SMILES string of the molecule is C.CC(C)(C)OC(=O)NC(Cc1ccc(C(=O)C2CCCC2=O)cc1)C(=O)O. The number of carboxylic acid groups (broad SMARTS) is 1. The van der Waals surface area contributed by atoms with Gasteiger partial charge in [0.05, 0.1) is 5.92 Å². The number of Topliss-reactive ketones (excluding diaryl/α,β-unsaturated/α-hetero) is 2. The fourth-order valence-corrected chi connectivity index (χ4v) is 2.98. The molecule has 7 nitrogen and oxygen atoms in total. The third-order valence-electron chi connectivity index (χ3n) is 4.29. The molecule has 0 aliphatic heterocycles. The topological polar surface area (TPSA) is 110 Å². The van der Waals surface area contributed by atoms with E-state index in [1.54, 1.807) is 45.0 Å². The highest BCUT2D eigenvalue weighted by molar-refractivity contribution is 6.11. The lowest BCUT2D eigenvalue weighted by Crippen LogP contribution is -2.44. The first kappa shape index (κ1) is 23.3. The molecule has 1 saturated carbocycles. The van der Waals surface area contributed by atoms with Crippen molar-refractivity contribution in [2.24, 2.45) is 5.92 Å². The molecular formula is C21H29NO6. The zero-order valence-electron chi connectivity index (χ0n) is 15.8. The van der Waals surface area contributed by atoms with Gasteiger partial charge in [0.1, 0.15) is 17.4 Å². The third kappa shape index (κ3) is 6.48. The van der Waals surface area contributed by atoms with E-state index in [1.165, 1.54) is 0 Å². The maximum absolute atomic E-state index is 12.4. The molecule has 1 aliphatic rings. The quantitative estimate of drug-likeness (QED) is 0.568. The number of amides is 1. The number of aliphatic carboxylic acids is 1. The maximum Gasteiger partial charge on any atom is 0.408 e. The summed E-state index contributed by atoms with van der Waals surface area (Å²) in [5.41, 5.74) is 0.353. The number of benzene rings is 1. The Morgan fingerprint density at radius 1 is 1.21 bits per heavy atom. The lowest BCUT2D eigenvalue weighted by molar-refractivity contribution is -0.139. The Kier molecular flexibility index (Phi) is 7.90. The van der Waals surface area contributed by atoms with Crippen LogP contribution in [0.4, 0.5) is 4.79 Å². The van der Waals surface area contributed by atoms with Crippen molar-refractivity contribution in [3.8, 4) is 0 Å². The van der Waals surface area contributed by atoms with Crippen molar-refractivity contribution in [1.29, 1.82) is 0 Å². The molecule has 2 unspecified atom stereocenters. The van der Waals surface area contributed by atoms with E-state index in [1.807, 2.05) is 0 Å². The van der Waals surface area contributed by atoms with Crippen molar-refractivity contribution in [2.45, 2.75) is 65.5 Å². The minimum Gasteiger partial charge on any atom is -0.480 e. The van der Waals surface area contributed by atoms with Gasteiger partial charge in [-0.15, -0.1) is 0 Å². The summed E-state index contributed by atoms with van der Waals surface area (Å²) < 4.78 is 5.08. The van der Waals surface area contributed by atoms with Crippen LogP contribution < -0.4 is 5.32 Å². The van der Waals surface area contributed by atoms with Crippen LogP contribution in [-0.4, -0.2) is 40.4 Å². The molecule has 7 heteroatoms. The summed E-state index contributed by atoms with van der Waals surface area (Å²) in [6.45, 7) is 5.06. The van der Waals surface area contributed by atoms with Crippen molar-refractivity contribution in [1.82, 2.24) is 5.32 Å². The Labute approximate surface area is 165 Å². The summed E-state index contributed by atoms with van der Waals surface area (Å²) in [5.74, 6) is -1.95. The number of hydrogen-bond acceptors (Lipinski definition) is 5. The van der Waals surface area contributed by atoms with Gasteiger partial charge in [-0.25, -0.2) is 9.59 Å². The van der Waals surface area contributed by atoms with Crippen LogP contribution >= 0.6 is 0 Å². The van der Waals surface area contributed by atoms with Gasteiger partial charge in [0.25, 0.3) is 0 Å². The second-order valence-electron chi connectivity index (χ2n) is 7.71. The van der Waals surface area contributed by atoms with Crippen LogP contribution in [0.5, 0.6) is 0 Å². The second-order valence-corrected chi connectivity index (χ2v) is 7.71. The van der Waals surface area contributed by atoms with Gasteiger partial charge in [-0.1, -0.05) is 31.7 Å². The van der Waals surface area contributed by atoms with E-state index in [4.69, 9.17) is 4.74 Å². The maximum atomic E-state index is 12.4. The molecule has 1 aromatic rings. The summed E-state index contributed by atoms with van der Waals surface area (Å²) in [7, 11) is 0. The summed E-state index contributed by atoms with van der Waals surface area (Å²) in [6.07, 6.45) is 1.02. The standard InChI is InChI=1S/C20H25NO6.CH4/c1-20(2,3)27-19(26)21-15(18(24)25)11-12-7-9-13(10-8-12)17(23)14-5-4-6-16(14)22;/h7-10,14-15H,4-6,11H2,1-3H3,(H,21,26)(H,24,25);1H4. The van der Waals surface area contributed by atoms with Gasteiger partial charge in [0.15, 0.2) is 5.78 Å². The van der Waals surface area contributed by atoms with E-state index in [0.29, 0.717) is 24.0 Å². The first-order valence-electron chi connectivity index (χ1n) is 8.95. The van der Waals surface area contributed by atoms with E-state index >= 15 is 0 Å². The minimum absolute atomic E-state index is 0. The zero-order chi connectivity index (χ0) is 20.2. The van der Waals surface area contributed by atoms with Crippen molar-refractivity contribution < 1.29 is 29.0 Å². The highest BCUT2D eigenvalue weighted by atomic mass is 16.6. The van der Waals surface area contributed by atoms with Crippen LogP contribution in [0, 0.1) is 5.92 Å². The largest absolute Gasteiger partial charge is 0.480 e. The molecule has 154 valence electrons. The monoisotopic (exact) mass is 391 g/mol. The molecular weight excluding hydrogens is 362 g/mol. The first-order valence-corrected chi connectivity index (χ1v) is 8.95. The van der Waals surface area contributed by atoms with Gasteiger partial charge in [0.2, 0.25) is 0 Å². The Bertz CT molecular complexity index is 732. The lowest BCUT2D eigenvalue weighted by Gasteiger charge is -2.22. The van der Waals surface area contributed by atoms with Gasteiger partial charge >= 0.3 is 12.1 Å². The Hall–Kier alpha value is -2.70. The molecule has 2 rings (SSSR count). The number of carboxylic acids is 1. The van der Waals surface area contributed by atoms with Gasteiger partial charge in [-0.05, 0) is 39.2 Å². The average Bonchev–Trinajstić information content (AvgIpc) is 2.98. The molecule has 0 heterocycles. The van der Waals surface area contributed by atoms with Crippen LogP contribution in [0.3, 0.4) is 0 Å². The molecule has 1 aromatic carbocycles. The highest BCUT2D eigenvalue weighted by Gasteiger charge is 2.31. The van der Waals surface area contributed by atoms with Crippen molar-refractivity contribution in [2.75, 3.05) is 0 Å². The van der Waals surface area contributed by atoms with Crippen LogP contribution in [0.2, 0.25) is 0 Å². The van der Waals surface area contributed by atoms with Gasteiger partial charge in [0, 0.05) is 18.4 Å². The summed E-state index contributed by atoms with van der Waals surface area (Å²) in [6, 6.07) is 5.31. The smallest absolute Gasteiger partial charge is 0.408 e. The molecule has 0 radical (unpaired) electrons. The molecule has 2 atom stereocenters. The van der Waals surface area contributed by atoms with Crippen LogP contribution in [0.25, 0.3) is 0 Å². The first-order chi connectivity index (χ1) is 12.6. The number of rotatable bonds is 6. The van der Waals surface area contributed by atoms with Crippen LogP contribution in [0.1, 0.15) is 63.4 Å².